The van der Waals surface area contributed by atoms with Crippen LogP contribution < -0.4 is 0 Å². The van der Waals surface area contributed by atoms with Crippen molar-refractivity contribution in [3.8, 4) is 33.4 Å². The summed E-state index contributed by atoms with van der Waals surface area (Å²) in [6.07, 6.45) is 2.29. The average molecular weight is 533 g/mol. The van der Waals surface area contributed by atoms with Crippen LogP contribution in [-0.2, 0) is 12.8 Å². The smallest absolute Gasteiger partial charge is 0.00201 e. The Morgan fingerprint density at radius 1 is 0.310 bits per heavy atom. The largest absolute Gasteiger partial charge is 0.0616 e. The first-order valence-electron chi connectivity index (χ1n) is 14.9. The van der Waals surface area contributed by atoms with E-state index in [0.29, 0.717) is 0 Å². The van der Waals surface area contributed by atoms with Gasteiger partial charge in [-0.05, 0) is 100 Å². The van der Waals surface area contributed by atoms with Crippen LogP contribution in [0.1, 0.15) is 11.1 Å². The lowest BCUT2D eigenvalue weighted by molar-refractivity contribution is 1.02. The summed E-state index contributed by atoms with van der Waals surface area (Å²) in [6.45, 7) is 0. The predicted octanol–water partition coefficient (Wildman–Crippen LogP) is 11.4. The molecule has 1 aliphatic carbocycles. The Morgan fingerprint density at radius 3 is 1.55 bits per heavy atom. The van der Waals surface area contributed by atoms with Gasteiger partial charge in [-0.3, -0.25) is 0 Å². The maximum Gasteiger partial charge on any atom is -0.00201 e. The van der Waals surface area contributed by atoms with Crippen LogP contribution in [0.2, 0.25) is 0 Å². The summed E-state index contributed by atoms with van der Waals surface area (Å²) < 4.78 is 0. The van der Waals surface area contributed by atoms with E-state index < -0.39 is 0 Å². The lowest BCUT2D eigenvalue weighted by Gasteiger charge is -2.19. The number of hydrogen-bond acceptors (Lipinski definition) is 0. The van der Waals surface area contributed by atoms with Crippen molar-refractivity contribution >= 4 is 43.1 Å². The molecule has 196 valence electrons. The van der Waals surface area contributed by atoms with E-state index in [4.69, 9.17) is 0 Å². The summed E-state index contributed by atoms with van der Waals surface area (Å²) in [6, 6.07) is 54.0. The Morgan fingerprint density at radius 2 is 0.833 bits per heavy atom. The van der Waals surface area contributed by atoms with Crippen molar-refractivity contribution in [1.82, 2.24) is 0 Å². The van der Waals surface area contributed by atoms with E-state index in [9.17, 15) is 0 Å². The van der Waals surface area contributed by atoms with Crippen molar-refractivity contribution in [1.29, 1.82) is 0 Å². The quantitative estimate of drug-likeness (QED) is 0.199. The van der Waals surface area contributed by atoms with E-state index in [-0.39, 0.29) is 0 Å². The fourth-order valence-electron chi connectivity index (χ4n) is 7.49. The molecule has 0 N–H and O–H groups in total. The number of rotatable bonds is 3. The molecule has 42 heavy (non-hydrogen) atoms. The van der Waals surface area contributed by atoms with Gasteiger partial charge in [-0.1, -0.05) is 146 Å². The summed E-state index contributed by atoms with van der Waals surface area (Å²) in [4.78, 5) is 0. The van der Waals surface area contributed by atoms with Crippen molar-refractivity contribution in [3.63, 3.8) is 0 Å². The molecule has 1 aliphatic rings. The van der Waals surface area contributed by atoms with Crippen molar-refractivity contribution in [2.24, 2.45) is 0 Å². The molecule has 0 radical (unpaired) electrons. The molecular formula is C42H28. The van der Waals surface area contributed by atoms with Gasteiger partial charge in [0.25, 0.3) is 0 Å². The lowest BCUT2D eigenvalue weighted by atomic mass is 9.84. The van der Waals surface area contributed by atoms with Gasteiger partial charge in [-0.2, -0.15) is 0 Å². The summed E-state index contributed by atoms with van der Waals surface area (Å²) in [5.41, 5.74) is 10.7. The molecular weight excluding hydrogens is 504 g/mol. The Hall–Kier alpha value is -5.20. The molecule has 0 atom stereocenters. The second kappa shape index (κ2) is 9.16. The molecule has 0 amide bonds. The standard InChI is InChI=1S/C42H28/c1-2-12-32-27(9-1)10-7-17-33(32)28-19-21-31(22-20-28)41-35-13-3-5-15-37(35)42(38-16-6-4-14-36(38)41)39-26-25-30-24-23-29-11-8-18-34(39)40(29)30/h1-22,25-26H,23-24H2. The highest BCUT2D eigenvalue weighted by Crippen LogP contribution is 2.47. The molecule has 8 aromatic rings. The van der Waals surface area contributed by atoms with Crippen molar-refractivity contribution < 1.29 is 0 Å². The van der Waals surface area contributed by atoms with E-state index in [2.05, 4.69) is 146 Å². The molecule has 0 nitrogen and oxygen atoms in total. The molecule has 9 rings (SSSR count). The Labute approximate surface area is 245 Å². The molecule has 0 saturated carbocycles. The summed E-state index contributed by atoms with van der Waals surface area (Å²) in [5.74, 6) is 0. The summed E-state index contributed by atoms with van der Waals surface area (Å²) in [7, 11) is 0. The number of benzene rings is 8. The fourth-order valence-corrected chi connectivity index (χ4v) is 7.49. The van der Waals surface area contributed by atoms with Gasteiger partial charge in [0, 0.05) is 0 Å². The molecule has 0 aromatic heterocycles. The van der Waals surface area contributed by atoms with Gasteiger partial charge in [0.05, 0.1) is 0 Å². The lowest BCUT2D eigenvalue weighted by Crippen LogP contribution is -1.92. The molecule has 0 fully saturated rings. The van der Waals surface area contributed by atoms with Crippen LogP contribution in [0.3, 0.4) is 0 Å². The second-order valence-electron chi connectivity index (χ2n) is 11.6. The van der Waals surface area contributed by atoms with Gasteiger partial charge in [0.15, 0.2) is 0 Å². The zero-order valence-corrected chi connectivity index (χ0v) is 23.3. The molecule has 0 saturated heterocycles. The number of hydrogen-bond donors (Lipinski definition) is 0. The fraction of sp³-hybridized carbons (Fsp3) is 0.0476. The minimum Gasteiger partial charge on any atom is -0.0616 e. The topological polar surface area (TPSA) is 0 Å². The van der Waals surface area contributed by atoms with Gasteiger partial charge in [0.2, 0.25) is 0 Å². The third-order valence-corrected chi connectivity index (χ3v) is 9.35. The summed E-state index contributed by atoms with van der Waals surface area (Å²) >= 11 is 0. The maximum absolute atomic E-state index is 2.37. The predicted molar refractivity (Wildman–Crippen MR) is 180 cm³/mol. The highest BCUT2D eigenvalue weighted by molar-refractivity contribution is 6.23. The first-order valence-corrected chi connectivity index (χ1v) is 14.9. The SMILES string of the molecule is c1ccc2c(-c3ccc(-c4c5ccccc5c(-c5ccc6c7c(cccc57)CC6)c5ccccc45)cc3)cccc2c1. The van der Waals surface area contributed by atoms with E-state index in [1.165, 1.54) is 87.6 Å². The Bertz CT molecular complexity index is 2260. The average Bonchev–Trinajstić information content (AvgIpc) is 3.48. The molecule has 8 aromatic carbocycles. The zero-order chi connectivity index (χ0) is 27.6. The van der Waals surface area contributed by atoms with Crippen LogP contribution in [0, 0.1) is 0 Å². The number of fused-ring (bicyclic) bond motifs is 3. The van der Waals surface area contributed by atoms with Crippen molar-refractivity contribution in [2.45, 2.75) is 12.8 Å². The van der Waals surface area contributed by atoms with Crippen LogP contribution in [-0.4, -0.2) is 0 Å². The van der Waals surface area contributed by atoms with Gasteiger partial charge < -0.3 is 0 Å². The van der Waals surface area contributed by atoms with Crippen LogP contribution >= 0.6 is 0 Å². The molecule has 0 aliphatic heterocycles. The molecule has 0 heteroatoms. The maximum atomic E-state index is 2.37. The third-order valence-electron chi connectivity index (χ3n) is 9.35. The van der Waals surface area contributed by atoms with Crippen LogP contribution in [0.25, 0.3) is 76.5 Å². The monoisotopic (exact) mass is 532 g/mol. The first kappa shape index (κ1) is 23.5. The normalized spacial score (nSPS) is 12.6. The van der Waals surface area contributed by atoms with Gasteiger partial charge in [-0.25, -0.2) is 0 Å². The third kappa shape index (κ3) is 3.42. The first-order chi connectivity index (χ1) is 20.8. The van der Waals surface area contributed by atoms with Crippen molar-refractivity contribution in [3.05, 3.63) is 157 Å². The molecule has 0 spiro atoms. The highest BCUT2D eigenvalue weighted by Gasteiger charge is 2.21. The van der Waals surface area contributed by atoms with Gasteiger partial charge >= 0.3 is 0 Å². The molecule has 0 bridgehead atoms. The Kier molecular flexibility index (Phi) is 5.12. The zero-order valence-electron chi connectivity index (χ0n) is 23.3. The van der Waals surface area contributed by atoms with Gasteiger partial charge in [-0.15, -0.1) is 0 Å². The summed E-state index contributed by atoms with van der Waals surface area (Å²) in [5, 5.41) is 10.6. The number of aryl methyl sites for hydroxylation is 2. The van der Waals surface area contributed by atoms with E-state index >= 15 is 0 Å². The molecule has 0 heterocycles. The van der Waals surface area contributed by atoms with Gasteiger partial charge in [0.1, 0.15) is 0 Å². The second-order valence-corrected chi connectivity index (χ2v) is 11.6. The van der Waals surface area contributed by atoms with E-state index in [1.807, 2.05) is 0 Å². The van der Waals surface area contributed by atoms with Crippen molar-refractivity contribution in [2.75, 3.05) is 0 Å². The Balaban J connectivity index is 1.30. The van der Waals surface area contributed by atoms with Crippen LogP contribution in [0.4, 0.5) is 0 Å². The molecule has 0 unspecified atom stereocenters. The minimum absolute atomic E-state index is 1.14. The van der Waals surface area contributed by atoms with Crippen LogP contribution in [0.15, 0.2) is 146 Å². The minimum atomic E-state index is 1.14. The van der Waals surface area contributed by atoms with Crippen LogP contribution in [0.5, 0.6) is 0 Å². The van der Waals surface area contributed by atoms with E-state index in [0.717, 1.165) is 12.8 Å². The van der Waals surface area contributed by atoms with E-state index in [1.54, 1.807) is 0 Å². The highest BCUT2D eigenvalue weighted by atomic mass is 14.2.